The summed E-state index contributed by atoms with van der Waals surface area (Å²) in [6.45, 7) is 4.94. The summed E-state index contributed by atoms with van der Waals surface area (Å²) in [5.74, 6) is 0.635. The third-order valence-electron chi connectivity index (χ3n) is 2.89. The van der Waals surface area contributed by atoms with Crippen LogP contribution in [-0.4, -0.2) is 26.8 Å². The van der Waals surface area contributed by atoms with Gasteiger partial charge in [-0.3, -0.25) is 0 Å². The summed E-state index contributed by atoms with van der Waals surface area (Å²) in [6.07, 6.45) is 2.17. The molecule has 0 saturated carbocycles. The van der Waals surface area contributed by atoms with E-state index in [0.717, 1.165) is 32.5 Å². The Labute approximate surface area is 120 Å². The minimum Gasteiger partial charge on any atom is -0.383 e. The first-order valence-electron chi connectivity index (χ1n) is 6.27. The second-order valence-corrected chi connectivity index (χ2v) is 5.40. The van der Waals surface area contributed by atoms with Gasteiger partial charge in [-0.15, -0.1) is 0 Å². The highest BCUT2D eigenvalue weighted by Crippen LogP contribution is 2.23. The van der Waals surface area contributed by atoms with Crippen LogP contribution in [0, 0.1) is 5.92 Å². The molecule has 18 heavy (non-hydrogen) atoms. The van der Waals surface area contributed by atoms with Gasteiger partial charge in [0, 0.05) is 13.7 Å². The van der Waals surface area contributed by atoms with Gasteiger partial charge >= 0.3 is 0 Å². The van der Waals surface area contributed by atoms with Gasteiger partial charge < -0.3 is 10.1 Å². The van der Waals surface area contributed by atoms with E-state index in [4.69, 9.17) is 27.9 Å². The Kier molecular flexibility index (Phi) is 7.68. The molecule has 0 aliphatic carbocycles. The normalized spacial score (nSPS) is 12.7. The smallest absolute Gasteiger partial charge is 0.0595 e. The fourth-order valence-corrected chi connectivity index (χ4v) is 2.05. The summed E-state index contributed by atoms with van der Waals surface area (Å²) >= 11 is 11.9. The molecule has 0 aliphatic rings. The Morgan fingerprint density at radius 1 is 1.28 bits per heavy atom. The van der Waals surface area contributed by atoms with Crippen molar-refractivity contribution in [2.75, 3.05) is 26.8 Å². The number of benzene rings is 1. The number of methoxy groups -OCH3 is 1. The maximum Gasteiger partial charge on any atom is 0.0595 e. The molecule has 4 heteroatoms. The summed E-state index contributed by atoms with van der Waals surface area (Å²) in [4.78, 5) is 0. The zero-order valence-electron chi connectivity index (χ0n) is 11.0. The average molecular weight is 290 g/mol. The zero-order valence-corrected chi connectivity index (χ0v) is 12.5. The molecule has 0 bridgehead atoms. The molecule has 0 heterocycles. The molecule has 0 aliphatic heterocycles. The van der Waals surface area contributed by atoms with E-state index in [1.807, 2.05) is 18.2 Å². The van der Waals surface area contributed by atoms with Crippen LogP contribution in [0.4, 0.5) is 0 Å². The van der Waals surface area contributed by atoms with E-state index < -0.39 is 0 Å². The van der Waals surface area contributed by atoms with Crippen molar-refractivity contribution in [2.24, 2.45) is 5.92 Å². The highest BCUT2D eigenvalue weighted by atomic mass is 35.5. The summed E-state index contributed by atoms with van der Waals surface area (Å²) < 4.78 is 4.99. The molecule has 1 rings (SSSR count). The number of hydrogen-bond acceptors (Lipinski definition) is 2. The van der Waals surface area contributed by atoms with Gasteiger partial charge in [-0.25, -0.2) is 0 Å². The van der Waals surface area contributed by atoms with Crippen molar-refractivity contribution in [3.8, 4) is 0 Å². The molecular weight excluding hydrogens is 269 g/mol. The molecule has 0 fully saturated rings. The first-order valence-corrected chi connectivity index (χ1v) is 7.02. The van der Waals surface area contributed by atoms with Crippen molar-refractivity contribution in [2.45, 2.75) is 19.8 Å². The van der Waals surface area contributed by atoms with Crippen molar-refractivity contribution >= 4 is 23.2 Å². The van der Waals surface area contributed by atoms with Crippen LogP contribution >= 0.6 is 23.2 Å². The molecular formula is C14H21Cl2NO. The van der Waals surface area contributed by atoms with E-state index in [1.54, 1.807) is 7.11 Å². The van der Waals surface area contributed by atoms with Gasteiger partial charge in [0.15, 0.2) is 0 Å². The topological polar surface area (TPSA) is 21.3 Å². The molecule has 1 aromatic rings. The van der Waals surface area contributed by atoms with Gasteiger partial charge in [0.25, 0.3) is 0 Å². The maximum absolute atomic E-state index is 5.99. The van der Waals surface area contributed by atoms with Crippen molar-refractivity contribution < 1.29 is 4.74 Å². The van der Waals surface area contributed by atoms with E-state index in [9.17, 15) is 0 Å². The predicted octanol–water partition coefficient (Wildman–Crippen LogP) is 3.80. The molecule has 0 spiro atoms. The SMILES string of the molecule is COCCNCC(C)CCc1ccc(Cl)c(Cl)c1. The Morgan fingerprint density at radius 3 is 2.72 bits per heavy atom. The molecule has 0 amide bonds. The summed E-state index contributed by atoms with van der Waals surface area (Å²) in [5.41, 5.74) is 1.24. The molecule has 1 aromatic carbocycles. The Bertz CT molecular complexity index is 358. The predicted molar refractivity (Wildman–Crippen MR) is 78.7 cm³/mol. The number of halogens is 2. The first-order chi connectivity index (χ1) is 8.63. The van der Waals surface area contributed by atoms with Gasteiger partial charge in [0.2, 0.25) is 0 Å². The van der Waals surface area contributed by atoms with Crippen molar-refractivity contribution in [1.29, 1.82) is 0 Å². The summed E-state index contributed by atoms with van der Waals surface area (Å²) in [5, 5.41) is 4.63. The van der Waals surface area contributed by atoms with Crippen LogP contribution in [0.15, 0.2) is 18.2 Å². The largest absolute Gasteiger partial charge is 0.383 e. The summed E-state index contributed by atoms with van der Waals surface area (Å²) in [6, 6.07) is 5.86. The maximum atomic E-state index is 5.99. The van der Waals surface area contributed by atoms with Crippen LogP contribution in [0.5, 0.6) is 0 Å². The Morgan fingerprint density at radius 2 is 2.06 bits per heavy atom. The molecule has 0 radical (unpaired) electrons. The van der Waals surface area contributed by atoms with E-state index in [2.05, 4.69) is 12.2 Å². The minimum absolute atomic E-state index is 0.620. The monoisotopic (exact) mass is 289 g/mol. The third-order valence-corrected chi connectivity index (χ3v) is 3.62. The lowest BCUT2D eigenvalue weighted by Gasteiger charge is -2.12. The molecule has 1 N–H and O–H groups in total. The zero-order chi connectivity index (χ0) is 13.4. The number of aryl methyl sites for hydroxylation is 1. The number of rotatable bonds is 8. The fraction of sp³-hybridized carbons (Fsp3) is 0.571. The van der Waals surface area contributed by atoms with Crippen LogP contribution in [0.2, 0.25) is 10.0 Å². The molecule has 1 unspecified atom stereocenters. The van der Waals surface area contributed by atoms with Gasteiger partial charge in [-0.1, -0.05) is 36.2 Å². The van der Waals surface area contributed by atoms with E-state index in [0.29, 0.717) is 16.0 Å². The second-order valence-electron chi connectivity index (χ2n) is 4.59. The van der Waals surface area contributed by atoms with Crippen LogP contribution in [0.3, 0.4) is 0 Å². The molecule has 0 saturated heterocycles. The second kappa shape index (κ2) is 8.76. The quantitative estimate of drug-likeness (QED) is 0.735. The van der Waals surface area contributed by atoms with Crippen LogP contribution in [0.1, 0.15) is 18.9 Å². The number of nitrogens with one attached hydrogen (secondary N) is 1. The van der Waals surface area contributed by atoms with Gasteiger partial charge in [0.1, 0.15) is 0 Å². The number of hydrogen-bond donors (Lipinski definition) is 1. The molecule has 2 nitrogen and oxygen atoms in total. The molecule has 0 aromatic heterocycles. The lowest BCUT2D eigenvalue weighted by atomic mass is 10.0. The van der Waals surface area contributed by atoms with E-state index in [-0.39, 0.29) is 0 Å². The van der Waals surface area contributed by atoms with Crippen molar-refractivity contribution in [3.05, 3.63) is 33.8 Å². The van der Waals surface area contributed by atoms with Gasteiger partial charge in [0.05, 0.1) is 16.7 Å². The first kappa shape index (κ1) is 15.8. The molecule has 102 valence electrons. The highest BCUT2D eigenvalue weighted by Gasteiger charge is 2.04. The average Bonchev–Trinajstić information content (AvgIpc) is 2.36. The van der Waals surface area contributed by atoms with E-state index in [1.165, 1.54) is 5.56 Å². The fourth-order valence-electron chi connectivity index (χ4n) is 1.73. The standard InChI is InChI=1S/C14H21Cl2NO/c1-11(10-17-7-8-18-2)3-4-12-5-6-13(15)14(16)9-12/h5-6,9,11,17H,3-4,7-8,10H2,1-2H3. The summed E-state index contributed by atoms with van der Waals surface area (Å²) in [7, 11) is 1.72. The lowest BCUT2D eigenvalue weighted by molar-refractivity contribution is 0.198. The van der Waals surface area contributed by atoms with E-state index >= 15 is 0 Å². The highest BCUT2D eigenvalue weighted by molar-refractivity contribution is 6.42. The lowest BCUT2D eigenvalue weighted by Crippen LogP contribution is -2.25. The van der Waals surface area contributed by atoms with Crippen molar-refractivity contribution in [1.82, 2.24) is 5.32 Å². The molecule has 1 atom stereocenters. The Hall–Kier alpha value is -0.280. The number of ether oxygens (including phenoxy) is 1. The van der Waals surface area contributed by atoms with Crippen LogP contribution in [-0.2, 0) is 11.2 Å². The minimum atomic E-state index is 0.620. The van der Waals surface area contributed by atoms with Crippen LogP contribution in [0.25, 0.3) is 0 Å². The Balaban J connectivity index is 2.24. The van der Waals surface area contributed by atoms with Crippen LogP contribution < -0.4 is 5.32 Å². The van der Waals surface area contributed by atoms with Gasteiger partial charge in [-0.2, -0.15) is 0 Å². The van der Waals surface area contributed by atoms with Crippen molar-refractivity contribution in [3.63, 3.8) is 0 Å². The van der Waals surface area contributed by atoms with Gasteiger partial charge in [-0.05, 0) is 43.0 Å². The third kappa shape index (κ3) is 6.05.